The molecule has 130 valence electrons. The van der Waals surface area contributed by atoms with Crippen LogP contribution in [0.4, 0.5) is 0 Å². The van der Waals surface area contributed by atoms with E-state index in [2.05, 4.69) is 43.2 Å². The molecule has 0 aliphatic carbocycles. The fourth-order valence-corrected chi connectivity index (χ4v) is 3.17. The predicted molar refractivity (Wildman–Crippen MR) is 89.0 cm³/mol. The number of carbonyl (C=O) groups is 1. The van der Waals surface area contributed by atoms with Gasteiger partial charge in [-0.25, -0.2) is 0 Å². The van der Waals surface area contributed by atoms with Crippen molar-refractivity contribution in [2.45, 2.75) is 71.9 Å². The molecule has 6 nitrogen and oxygen atoms in total. The molecule has 2 heterocycles. The lowest BCUT2D eigenvalue weighted by atomic mass is 9.89. The van der Waals surface area contributed by atoms with E-state index in [1.54, 1.807) is 0 Å². The molecule has 1 saturated heterocycles. The first-order chi connectivity index (χ1) is 11.0. The maximum absolute atomic E-state index is 11.9. The zero-order valence-corrected chi connectivity index (χ0v) is 15.0. The first-order valence-electron chi connectivity index (χ1n) is 8.83. The Kier molecular flexibility index (Phi) is 6.16. The standard InChI is InChI=1S/C17H30N4O2/c1-6-13-10-21(15(22)7-2)9-8-14(13)18-12(5)17-19-16(11(3)4)20-23-17/h11-14,18H,6-10H2,1-5H3/t12-,13+,14-/m0/s1. The Labute approximate surface area is 139 Å². The number of hydrogen-bond acceptors (Lipinski definition) is 5. The largest absolute Gasteiger partial charge is 0.342 e. The van der Waals surface area contributed by atoms with Crippen LogP contribution in [0.3, 0.4) is 0 Å². The topological polar surface area (TPSA) is 71.3 Å². The van der Waals surface area contributed by atoms with Crippen LogP contribution in [-0.2, 0) is 4.79 Å². The van der Waals surface area contributed by atoms with E-state index in [4.69, 9.17) is 4.52 Å². The van der Waals surface area contributed by atoms with Crippen LogP contribution < -0.4 is 5.32 Å². The van der Waals surface area contributed by atoms with E-state index in [1.165, 1.54) is 0 Å². The van der Waals surface area contributed by atoms with Crippen molar-refractivity contribution in [3.05, 3.63) is 11.7 Å². The van der Waals surface area contributed by atoms with Crippen LogP contribution in [0.25, 0.3) is 0 Å². The third-order valence-electron chi connectivity index (χ3n) is 4.72. The maximum atomic E-state index is 11.9. The number of hydrogen-bond donors (Lipinski definition) is 1. The lowest BCUT2D eigenvalue weighted by Gasteiger charge is -2.39. The molecule has 1 amide bonds. The minimum Gasteiger partial charge on any atom is -0.342 e. The Morgan fingerprint density at radius 3 is 2.70 bits per heavy atom. The van der Waals surface area contributed by atoms with Crippen LogP contribution in [-0.4, -0.2) is 40.1 Å². The molecule has 0 saturated carbocycles. The summed E-state index contributed by atoms with van der Waals surface area (Å²) in [6.45, 7) is 12.0. The summed E-state index contributed by atoms with van der Waals surface area (Å²) < 4.78 is 5.39. The van der Waals surface area contributed by atoms with Gasteiger partial charge in [-0.1, -0.05) is 39.3 Å². The number of carbonyl (C=O) groups excluding carboxylic acids is 1. The number of rotatable bonds is 6. The lowest BCUT2D eigenvalue weighted by molar-refractivity contribution is -0.133. The Hall–Kier alpha value is -1.43. The summed E-state index contributed by atoms with van der Waals surface area (Å²) in [5.74, 6) is 2.40. The van der Waals surface area contributed by atoms with Crippen LogP contribution >= 0.6 is 0 Å². The van der Waals surface area contributed by atoms with Gasteiger partial charge >= 0.3 is 0 Å². The number of likely N-dealkylation sites (tertiary alicyclic amines) is 1. The van der Waals surface area contributed by atoms with Gasteiger partial charge in [-0.3, -0.25) is 4.79 Å². The predicted octanol–water partition coefficient (Wildman–Crippen LogP) is 2.88. The van der Waals surface area contributed by atoms with Crippen LogP contribution in [0.1, 0.15) is 77.6 Å². The quantitative estimate of drug-likeness (QED) is 0.872. The van der Waals surface area contributed by atoms with Crippen molar-refractivity contribution in [1.29, 1.82) is 0 Å². The molecule has 23 heavy (non-hydrogen) atoms. The zero-order chi connectivity index (χ0) is 17.0. The molecular weight excluding hydrogens is 292 g/mol. The van der Waals surface area contributed by atoms with Gasteiger partial charge in [0.05, 0.1) is 6.04 Å². The van der Waals surface area contributed by atoms with Crippen molar-refractivity contribution in [3.8, 4) is 0 Å². The molecule has 2 rings (SSSR count). The fourth-order valence-electron chi connectivity index (χ4n) is 3.17. The van der Waals surface area contributed by atoms with Gasteiger partial charge in [-0.2, -0.15) is 4.98 Å². The lowest BCUT2D eigenvalue weighted by Crippen LogP contribution is -2.51. The molecule has 6 heteroatoms. The molecule has 1 fully saturated rings. The first kappa shape index (κ1) is 17.9. The average molecular weight is 322 g/mol. The molecule has 0 radical (unpaired) electrons. The third kappa shape index (κ3) is 4.31. The molecule has 1 aliphatic rings. The maximum Gasteiger partial charge on any atom is 0.243 e. The van der Waals surface area contributed by atoms with Crippen molar-refractivity contribution >= 4 is 5.91 Å². The Morgan fingerprint density at radius 1 is 1.39 bits per heavy atom. The minimum atomic E-state index is 0.0301. The minimum absolute atomic E-state index is 0.0301. The number of amides is 1. The highest BCUT2D eigenvalue weighted by Crippen LogP contribution is 2.24. The zero-order valence-electron chi connectivity index (χ0n) is 15.0. The molecule has 1 N–H and O–H groups in total. The summed E-state index contributed by atoms with van der Waals surface area (Å²) in [6.07, 6.45) is 2.61. The van der Waals surface area contributed by atoms with Crippen molar-refractivity contribution in [2.75, 3.05) is 13.1 Å². The van der Waals surface area contributed by atoms with Crippen molar-refractivity contribution in [1.82, 2.24) is 20.4 Å². The van der Waals surface area contributed by atoms with E-state index in [0.29, 0.717) is 24.3 Å². The molecule has 1 aromatic heterocycles. The fraction of sp³-hybridized carbons (Fsp3) is 0.824. The molecule has 0 unspecified atom stereocenters. The Bertz CT molecular complexity index is 514. The van der Waals surface area contributed by atoms with E-state index >= 15 is 0 Å². The molecule has 1 aromatic rings. The van der Waals surface area contributed by atoms with Gasteiger partial charge in [0, 0.05) is 31.5 Å². The highest BCUT2D eigenvalue weighted by atomic mass is 16.5. The number of nitrogens with zero attached hydrogens (tertiary/aromatic N) is 3. The molecule has 1 aliphatic heterocycles. The average Bonchev–Trinajstić information content (AvgIpc) is 3.04. The van der Waals surface area contributed by atoms with Gasteiger partial charge in [-0.15, -0.1) is 0 Å². The SMILES string of the molecule is CCC(=O)N1CC[C@H](N[C@@H](C)c2nc(C(C)C)no2)[C@H](CC)C1. The number of piperidine rings is 1. The summed E-state index contributed by atoms with van der Waals surface area (Å²) in [5.41, 5.74) is 0. The van der Waals surface area contributed by atoms with E-state index in [0.717, 1.165) is 31.8 Å². The van der Waals surface area contributed by atoms with Crippen LogP contribution in [0.15, 0.2) is 4.52 Å². The molecular formula is C17H30N4O2. The monoisotopic (exact) mass is 322 g/mol. The van der Waals surface area contributed by atoms with Gasteiger partial charge in [0.1, 0.15) is 0 Å². The normalized spacial score (nSPS) is 23.3. The van der Waals surface area contributed by atoms with Crippen molar-refractivity contribution < 1.29 is 9.32 Å². The van der Waals surface area contributed by atoms with Crippen molar-refractivity contribution in [2.24, 2.45) is 5.92 Å². The first-order valence-corrected chi connectivity index (χ1v) is 8.83. The summed E-state index contributed by atoms with van der Waals surface area (Å²) >= 11 is 0. The van der Waals surface area contributed by atoms with Gasteiger partial charge < -0.3 is 14.7 Å². The molecule has 0 aromatic carbocycles. The van der Waals surface area contributed by atoms with E-state index in [1.807, 2.05) is 11.8 Å². The molecule has 0 spiro atoms. The Balaban J connectivity index is 1.97. The Morgan fingerprint density at radius 2 is 2.13 bits per heavy atom. The summed E-state index contributed by atoms with van der Waals surface area (Å²) in [4.78, 5) is 18.4. The molecule has 0 bridgehead atoms. The van der Waals surface area contributed by atoms with Gasteiger partial charge in [0.2, 0.25) is 11.8 Å². The second kappa shape index (κ2) is 7.90. The van der Waals surface area contributed by atoms with E-state index in [9.17, 15) is 4.79 Å². The summed E-state index contributed by atoms with van der Waals surface area (Å²) in [7, 11) is 0. The summed E-state index contributed by atoms with van der Waals surface area (Å²) in [5, 5.41) is 7.67. The second-order valence-corrected chi connectivity index (χ2v) is 6.79. The van der Waals surface area contributed by atoms with Gasteiger partial charge in [0.15, 0.2) is 5.82 Å². The highest BCUT2D eigenvalue weighted by molar-refractivity contribution is 5.75. The second-order valence-electron chi connectivity index (χ2n) is 6.79. The van der Waals surface area contributed by atoms with Crippen LogP contribution in [0.2, 0.25) is 0 Å². The number of aromatic nitrogens is 2. The smallest absolute Gasteiger partial charge is 0.243 e. The highest BCUT2D eigenvalue weighted by Gasteiger charge is 2.31. The van der Waals surface area contributed by atoms with Crippen molar-refractivity contribution in [3.63, 3.8) is 0 Å². The van der Waals surface area contributed by atoms with Crippen LogP contribution in [0, 0.1) is 5.92 Å². The van der Waals surface area contributed by atoms with Crippen LogP contribution in [0.5, 0.6) is 0 Å². The summed E-state index contributed by atoms with van der Waals surface area (Å²) in [6, 6.07) is 0.410. The van der Waals surface area contributed by atoms with Gasteiger partial charge in [-0.05, 0) is 19.3 Å². The molecule has 3 atom stereocenters. The van der Waals surface area contributed by atoms with Gasteiger partial charge in [0.25, 0.3) is 0 Å². The van der Waals surface area contributed by atoms with E-state index in [-0.39, 0.29) is 17.9 Å². The third-order valence-corrected chi connectivity index (χ3v) is 4.72. The number of nitrogens with one attached hydrogen (secondary N) is 1. The van der Waals surface area contributed by atoms with E-state index < -0.39 is 0 Å².